The first kappa shape index (κ1) is 21.6. The van der Waals surface area contributed by atoms with Crippen molar-refractivity contribution in [2.24, 2.45) is 0 Å². The molecular formula is C25H29N5O2. The Balaban J connectivity index is 1.37. The molecule has 0 radical (unpaired) electrons. The Morgan fingerprint density at radius 2 is 1.66 bits per heavy atom. The van der Waals surface area contributed by atoms with Crippen LogP contribution in [0.15, 0.2) is 48.5 Å². The van der Waals surface area contributed by atoms with E-state index >= 15 is 0 Å². The van der Waals surface area contributed by atoms with Crippen LogP contribution in [0.3, 0.4) is 0 Å². The number of hydrogen-bond acceptors (Lipinski definition) is 5. The molecule has 2 heterocycles. The molecule has 0 bridgehead atoms. The Hall–Kier alpha value is -3.61. The third-order valence-corrected chi connectivity index (χ3v) is 5.98. The maximum Gasteiger partial charge on any atom is 0.321 e. The van der Waals surface area contributed by atoms with Crippen molar-refractivity contribution in [1.82, 2.24) is 15.1 Å². The summed E-state index contributed by atoms with van der Waals surface area (Å²) < 4.78 is 5.21. The van der Waals surface area contributed by atoms with Crippen LogP contribution in [0.5, 0.6) is 5.75 Å². The molecule has 0 unspecified atom stereocenters. The van der Waals surface area contributed by atoms with Crippen LogP contribution in [0, 0.1) is 20.8 Å². The summed E-state index contributed by atoms with van der Waals surface area (Å²) in [6, 6.07) is 15.7. The van der Waals surface area contributed by atoms with Crippen LogP contribution in [0.4, 0.5) is 16.3 Å². The summed E-state index contributed by atoms with van der Waals surface area (Å²) in [5.41, 5.74) is 6.45. The minimum absolute atomic E-state index is 0.107. The van der Waals surface area contributed by atoms with Crippen molar-refractivity contribution in [2.75, 3.05) is 43.5 Å². The SMILES string of the molecule is COc1cccc(NC(=O)N2CCN(c3ccc(-c4cc(C)c(C)cc4C)nn3)CC2)c1. The summed E-state index contributed by atoms with van der Waals surface area (Å²) in [5, 5.41) is 11.9. The maximum atomic E-state index is 12.6. The fourth-order valence-corrected chi connectivity index (χ4v) is 3.92. The van der Waals surface area contributed by atoms with Crippen LogP contribution in [0.1, 0.15) is 16.7 Å². The molecule has 0 aliphatic carbocycles. The van der Waals surface area contributed by atoms with E-state index in [1.54, 1.807) is 7.11 Å². The van der Waals surface area contributed by atoms with Gasteiger partial charge in [0.2, 0.25) is 0 Å². The van der Waals surface area contributed by atoms with E-state index in [1.807, 2.05) is 41.3 Å². The Bertz CT molecular complexity index is 1110. The van der Waals surface area contributed by atoms with Crippen LogP contribution in [-0.2, 0) is 0 Å². The maximum absolute atomic E-state index is 12.6. The molecule has 0 atom stereocenters. The highest BCUT2D eigenvalue weighted by atomic mass is 16.5. The number of aryl methyl sites for hydroxylation is 3. The predicted octanol–water partition coefficient (Wildman–Crippen LogP) is 4.43. The molecule has 1 fully saturated rings. The number of urea groups is 1. The van der Waals surface area contributed by atoms with Crippen molar-refractivity contribution >= 4 is 17.5 Å². The number of piperazine rings is 1. The summed E-state index contributed by atoms with van der Waals surface area (Å²) in [4.78, 5) is 16.6. The Morgan fingerprint density at radius 1 is 0.906 bits per heavy atom. The molecule has 0 spiro atoms. The number of hydrogen-bond donors (Lipinski definition) is 1. The zero-order valence-corrected chi connectivity index (χ0v) is 19.1. The second kappa shape index (κ2) is 9.26. The standard InChI is InChI=1S/C25H29N5O2/c1-17-14-19(3)22(15-18(17)2)23-8-9-24(28-27-23)29-10-12-30(13-11-29)25(31)26-20-6-5-7-21(16-20)32-4/h5-9,14-16H,10-13H2,1-4H3,(H,26,31). The molecule has 4 rings (SSSR count). The van der Waals surface area contributed by atoms with E-state index in [2.05, 4.69) is 53.3 Å². The van der Waals surface area contributed by atoms with Crippen LogP contribution >= 0.6 is 0 Å². The average Bonchev–Trinajstić information content (AvgIpc) is 2.82. The number of methoxy groups -OCH3 is 1. The molecule has 1 aliphatic rings. The number of benzene rings is 2. The van der Waals surface area contributed by atoms with Gasteiger partial charge >= 0.3 is 6.03 Å². The lowest BCUT2D eigenvalue weighted by atomic mass is 9.99. The monoisotopic (exact) mass is 431 g/mol. The lowest BCUT2D eigenvalue weighted by Crippen LogP contribution is -2.50. The van der Waals surface area contributed by atoms with E-state index < -0.39 is 0 Å². The van der Waals surface area contributed by atoms with Gasteiger partial charge in [0, 0.05) is 43.5 Å². The number of nitrogens with one attached hydrogen (secondary N) is 1. The van der Waals surface area contributed by atoms with Gasteiger partial charge in [0.05, 0.1) is 12.8 Å². The van der Waals surface area contributed by atoms with Gasteiger partial charge in [0.15, 0.2) is 5.82 Å². The van der Waals surface area contributed by atoms with Gasteiger partial charge in [-0.1, -0.05) is 12.1 Å². The van der Waals surface area contributed by atoms with E-state index in [0.29, 0.717) is 31.9 Å². The van der Waals surface area contributed by atoms with Crippen LogP contribution in [0.2, 0.25) is 0 Å². The van der Waals surface area contributed by atoms with Crippen molar-refractivity contribution in [3.8, 4) is 17.0 Å². The van der Waals surface area contributed by atoms with Gasteiger partial charge in [-0.05, 0) is 67.8 Å². The van der Waals surface area contributed by atoms with Crippen molar-refractivity contribution < 1.29 is 9.53 Å². The van der Waals surface area contributed by atoms with Crippen LogP contribution in [-0.4, -0.2) is 54.4 Å². The van der Waals surface area contributed by atoms with E-state index in [1.165, 1.54) is 16.7 Å². The molecule has 32 heavy (non-hydrogen) atoms. The van der Waals surface area contributed by atoms with Gasteiger partial charge in [-0.3, -0.25) is 0 Å². The van der Waals surface area contributed by atoms with Crippen LogP contribution < -0.4 is 15.0 Å². The Morgan fingerprint density at radius 3 is 2.34 bits per heavy atom. The number of anilines is 2. The van der Waals surface area contributed by atoms with Crippen molar-refractivity contribution in [3.05, 3.63) is 65.2 Å². The number of aromatic nitrogens is 2. The third kappa shape index (κ3) is 4.66. The number of rotatable bonds is 4. The zero-order valence-electron chi connectivity index (χ0n) is 19.1. The molecule has 1 N–H and O–H groups in total. The number of nitrogens with zero attached hydrogens (tertiary/aromatic N) is 4. The minimum atomic E-state index is -0.107. The van der Waals surface area contributed by atoms with E-state index in [9.17, 15) is 4.79 Å². The first-order valence-electron chi connectivity index (χ1n) is 10.8. The highest BCUT2D eigenvalue weighted by Gasteiger charge is 2.22. The predicted molar refractivity (Wildman–Crippen MR) is 127 cm³/mol. The van der Waals surface area contributed by atoms with Crippen LogP contribution in [0.25, 0.3) is 11.3 Å². The topological polar surface area (TPSA) is 70.6 Å². The normalized spacial score (nSPS) is 13.8. The Kier molecular flexibility index (Phi) is 6.25. The van der Waals surface area contributed by atoms with Crippen molar-refractivity contribution in [2.45, 2.75) is 20.8 Å². The van der Waals surface area contributed by atoms with Gasteiger partial charge in [-0.25, -0.2) is 4.79 Å². The summed E-state index contributed by atoms with van der Waals surface area (Å²) >= 11 is 0. The highest BCUT2D eigenvalue weighted by molar-refractivity contribution is 5.89. The quantitative estimate of drug-likeness (QED) is 0.662. The smallest absolute Gasteiger partial charge is 0.321 e. The van der Waals surface area contributed by atoms with Gasteiger partial charge in [-0.2, -0.15) is 0 Å². The fourth-order valence-electron chi connectivity index (χ4n) is 3.92. The minimum Gasteiger partial charge on any atom is -0.497 e. The summed E-state index contributed by atoms with van der Waals surface area (Å²) in [6.07, 6.45) is 0. The first-order chi connectivity index (χ1) is 15.4. The van der Waals surface area contributed by atoms with E-state index in [4.69, 9.17) is 4.74 Å². The first-order valence-corrected chi connectivity index (χ1v) is 10.8. The number of carbonyl (C=O) groups excluding carboxylic acids is 1. The number of amides is 2. The highest BCUT2D eigenvalue weighted by Crippen LogP contribution is 2.26. The molecule has 2 amide bonds. The molecule has 3 aromatic rings. The average molecular weight is 432 g/mol. The summed E-state index contributed by atoms with van der Waals surface area (Å²) in [6.45, 7) is 9.00. The molecule has 7 heteroatoms. The number of carbonyl (C=O) groups is 1. The molecule has 7 nitrogen and oxygen atoms in total. The second-order valence-electron chi connectivity index (χ2n) is 8.16. The summed E-state index contributed by atoms with van der Waals surface area (Å²) in [5.74, 6) is 1.55. The second-order valence-corrected chi connectivity index (χ2v) is 8.16. The van der Waals surface area contributed by atoms with Gasteiger partial charge in [-0.15, -0.1) is 10.2 Å². The molecule has 2 aromatic carbocycles. The van der Waals surface area contributed by atoms with Gasteiger partial charge in [0.1, 0.15) is 5.75 Å². The molecule has 1 aromatic heterocycles. The number of ether oxygens (including phenoxy) is 1. The van der Waals surface area contributed by atoms with Crippen molar-refractivity contribution in [1.29, 1.82) is 0 Å². The van der Waals surface area contributed by atoms with Gasteiger partial charge < -0.3 is 19.9 Å². The molecule has 1 saturated heterocycles. The van der Waals surface area contributed by atoms with E-state index in [-0.39, 0.29) is 6.03 Å². The van der Waals surface area contributed by atoms with Crippen molar-refractivity contribution in [3.63, 3.8) is 0 Å². The molecule has 0 saturated carbocycles. The van der Waals surface area contributed by atoms with E-state index in [0.717, 1.165) is 22.8 Å². The lowest BCUT2D eigenvalue weighted by molar-refractivity contribution is 0.208. The summed E-state index contributed by atoms with van der Waals surface area (Å²) in [7, 11) is 1.61. The molecule has 166 valence electrons. The van der Waals surface area contributed by atoms with Gasteiger partial charge in [0.25, 0.3) is 0 Å². The third-order valence-electron chi connectivity index (χ3n) is 5.98. The fraction of sp³-hybridized carbons (Fsp3) is 0.320. The Labute approximate surface area is 189 Å². The largest absolute Gasteiger partial charge is 0.497 e. The lowest BCUT2D eigenvalue weighted by Gasteiger charge is -2.35. The zero-order chi connectivity index (χ0) is 22.7. The molecular weight excluding hydrogens is 402 g/mol. The molecule has 1 aliphatic heterocycles.